The quantitative estimate of drug-likeness (QED) is 0.769. The molecule has 0 amide bonds. The average molecular weight is 201 g/mol. The highest BCUT2D eigenvalue weighted by Gasteiger charge is 2.08. The Labute approximate surface area is 89.5 Å². The van der Waals surface area contributed by atoms with Gasteiger partial charge in [-0.15, -0.1) is 0 Å². The van der Waals surface area contributed by atoms with Gasteiger partial charge in [0, 0.05) is 6.07 Å². The van der Waals surface area contributed by atoms with E-state index in [0.29, 0.717) is 5.82 Å². The molecule has 2 aromatic rings. The lowest BCUT2D eigenvalue weighted by Gasteiger charge is -2.12. The Bertz CT molecular complexity index is 474. The van der Waals surface area contributed by atoms with Crippen LogP contribution in [0.3, 0.4) is 0 Å². The summed E-state index contributed by atoms with van der Waals surface area (Å²) in [6.45, 7) is 6.25. The number of rotatable bonds is 1. The average Bonchev–Trinajstić information content (AvgIpc) is 2.50. The molecule has 0 radical (unpaired) electrons. The maximum absolute atomic E-state index is 5.85. The van der Waals surface area contributed by atoms with Crippen molar-refractivity contribution in [1.82, 2.24) is 9.78 Å². The smallest absolute Gasteiger partial charge is 0.127 e. The van der Waals surface area contributed by atoms with Gasteiger partial charge in [0.05, 0.1) is 11.9 Å². The van der Waals surface area contributed by atoms with Crippen molar-refractivity contribution >= 4 is 5.82 Å². The van der Waals surface area contributed by atoms with E-state index in [1.807, 2.05) is 0 Å². The highest BCUT2D eigenvalue weighted by atomic mass is 15.3. The van der Waals surface area contributed by atoms with Crippen molar-refractivity contribution in [3.8, 4) is 5.69 Å². The van der Waals surface area contributed by atoms with Crippen LogP contribution in [0.15, 0.2) is 24.4 Å². The third-order valence-corrected chi connectivity index (χ3v) is 2.52. The second-order valence-electron chi connectivity index (χ2n) is 3.92. The summed E-state index contributed by atoms with van der Waals surface area (Å²) >= 11 is 0. The molecule has 0 atom stereocenters. The number of aromatic nitrogens is 2. The normalized spacial score (nSPS) is 10.6. The molecule has 0 saturated heterocycles. The Kier molecular flexibility index (Phi) is 2.23. The number of benzene rings is 1. The first kappa shape index (κ1) is 9.77. The van der Waals surface area contributed by atoms with Gasteiger partial charge < -0.3 is 5.73 Å². The van der Waals surface area contributed by atoms with Crippen molar-refractivity contribution < 1.29 is 0 Å². The lowest BCUT2D eigenvalue weighted by molar-refractivity contribution is 0.874. The van der Waals surface area contributed by atoms with E-state index in [0.717, 1.165) is 5.69 Å². The molecule has 0 aliphatic heterocycles. The number of nitrogens with two attached hydrogens (primary N) is 1. The molecule has 2 rings (SSSR count). The molecule has 0 bridgehead atoms. The largest absolute Gasteiger partial charge is 0.384 e. The van der Waals surface area contributed by atoms with Crippen LogP contribution >= 0.6 is 0 Å². The molecule has 1 aromatic carbocycles. The Morgan fingerprint density at radius 2 is 1.73 bits per heavy atom. The van der Waals surface area contributed by atoms with E-state index in [2.05, 4.69) is 38.0 Å². The minimum absolute atomic E-state index is 0.671. The van der Waals surface area contributed by atoms with Crippen LogP contribution in [-0.2, 0) is 0 Å². The topological polar surface area (TPSA) is 43.8 Å². The molecule has 0 spiro atoms. The summed E-state index contributed by atoms with van der Waals surface area (Å²) < 4.78 is 1.78. The van der Waals surface area contributed by atoms with E-state index in [1.54, 1.807) is 16.9 Å². The molecular weight excluding hydrogens is 186 g/mol. The summed E-state index contributed by atoms with van der Waals surface area (Å²) in [4.78, 5) is 0. The van der Waals surface area contributed by atoms with Crippen LogP contribution in [0.2, 0.25) is 0 Å². The SMILES string of the molecule is Cc1cc(C)c(-n2nccc2N)c(C)c1. The number of anilines is 1. The van der Waals surface area contributed by atoms with Crippen LogP contribution in [0.4, 0.5) is 5.82 Å². The van der Waals surface area contributed by atoms with Crippen molar-refractivity contribution in [3.05, 3.63) is 41.1 Å². The van der Waals surface area contributed by atoms with Crippen molar-refractivity contribution in [3.63, 3.8) is 0 Å². The maximum atomic E-state index is 5.85. The molecule has 1 aromatic heterocycles. The fourth-order valence-electron chi connectivity index (χ4n) is 2.01. The van der Waals surface area contributed by atoms with Gasteiger partial charge in [-0.05, 0) is 31.9 Å². The molecule has 78 valence electrons. The minimum atomic E-state index is 0.671. The van der Waals surface area contributed by atoms with E-state index in [4.69, 9.17) is 5.73 Å². The van der Waals surface area contributed by atoms with Gasteiger partial charge in [0.25, 0.3) is 0 Å². The van der Waals surface area contributed by atoms with Crippen molar-refractivity contribution in [1.29, 1.82) is 0 Å². The van der Waals surface area contributed by atoms with Gasteiger partial charge >= 0.3 is 0 Å². The van der Waals surface area contributed by atoms with Crippen LogP contribution < -0.4 is 5.73 Å². The van der Waals surface area contributed by atoms with Crippen LogP contribution in [-0.4, -0.2) is 9.78 Å². The minimum Gasteiger partial charge on any atom is -0.384 e. The van der Waals surface area contributed by atoms with E-state index in [-0.39, 0.29) is 0 Å². The standard InChI is InChI=1S/C12H15N3/c1-8-6-9(2)12(10(3)7-8)15-11(13)4-5-14-15/h4-7H,13H2,1-3H3. The van der Waals surface area contributed by atoms with Gasteiger partial charge in [-0.2, -0.15) is 5.10 Å². The number of hydrogen-bond donors (Lipinski definition) is 1. The monoisotopic (exact) mass is 201 g/mol. The van der Waals surface area contributed by atoms with Crippen LogP contribution in [0.5, 0.6) is 0 Å². The summed E-state index contributed by atoms with van der Waals surface area (Å²) in [6, 6.07) is 6.09. The van der Waals surface area contributed by atoms with Crippen LogP contribution in [0, 0.1) is 20.8 Å². The lowest BCUT2D eigenvalue weighted by Crippen LogP contribution is -2.05. The first-order valence-electron chi connectivity index (χ1n) is 4.97. The van der Waals surface area contributed by atoms with Crippen molar-refractivity contribution in [2.75, 3.05) is 5.73 Å². The molecule has 0 fully saturated rings. The molecular formula is C12H15N3. The van der Waals surface area contributed by atoms with E-state index >= 15 is 0 Å². The summed E-state index contributed by atoms with van der Waals surface area (Å²) in [6.07, 6.45) is 1.72. The maximum Gasteiger partial charge on any atom is 0.127 e. The summed E-state index contributed by atoms with van der Waals surface area (Å²) in [5.74, 6) is 0.671. The molecule has 1 heterocycles. The Hall–Kier alpha value is -1.77. The third kappa shape index (κ3) is 1.61. The van der Waals surface area contributed by atoms with Gasteiger partial charge in [0.1, 0.15) is 5.82 Å². The second-order valence-corrected chi connectivity index (χ2v) is 3.92. The number of hydrogen-bond acceptors (Lipinski definition) is 2. The fraction of sp³-hybridized carbons (Fsp3) is 0.250. The summed E-state index contributed by atoms with van der Waals surface area (Å²) in [5, 5.41) is 4.23. The van der Waals surface area contributed by atoms with Gasteiger partial charge in [-0.25, -0.2) is 4.68 Å². The molecule has 3 heteroatoms. The molecule has 2 N–H and O–H groups in total. The molecule has 15 heavy (non-hydrogen) atoms. The Morgan fingerprint density at radius 3 is 2.20 bits per heavy atom. The van der Waals surface area contributed by atoms with Crippen LogP contribution in [0.1, 0.15) is 16.7 Å². The lowest BCUT2D eigenvalue weighted by atomic mass is 10.1. The predicted octanol–water partition coefficient (Wildman–Crippen LogP) is 2.38. The fourth-order valence-corrected chi connectivity index (χ4v) is 2.01. The third-order valence-electron chi connectivity index (χ3n) is 2.52. The zero-order valence-electron chi connectivity index (χ0n) is 9.28. The van der Waals surface area contributed by atoms with Crippen molar-refractivity contribution in [2.45, 2.75) is 20.8 Å². The van der Waals surface area contributed by atoms with Crippen molar-refractivity contribution in [2.24, 2.45) is 0 Å². The zero-order chi connectivity index (χ0) is 11.0. The Balaban J connectivity index is 2.68. The molecule has 0 unspecified atom stereocenters. The highest BCUT2D eigenvalue weighted by molar-refractivity contribution is 5.52. The van der Waals surface area contributed by atoms with Gasteiger partial charge in [-0.1, -0.05) is 17.7 Å². The summed E-state index contributed by atoms with van der Waals surface area (Å²) in [5.41, 5.74) is 10.6. The zero-order valence-corrected chi connectivity index (χ0v) is 9.28. The van der Waals surface area contributed by atoms with E-state index in [9.17, 15) is 0 Å². The number of nitrogens with zero attached hydrogens (tertiary/aromatic N) is 2. The molecule has 0 aliphatic carbocycles. The van der Waals surface area contributed by atoms with E-state index < -0.39 is 0 Å². The van der Waals surface area contributed by atoms with Crippen LogP contribution in [0.25, 0.3) is 5.69 Å². The van der Waals surface area contributed by atoms with Gasteiger partial charge in [-0.3, -0.25) is 0 Å². The van der Waals surface area contributed by atoms with Gasteiger partial charge in [0.15, 0.2) is 0 Å². The predicted molar refractivity (Wildman–Crippen MR) is 62.2 cm³/mol. The summed E-state index contributed by atoms with van der Waals surface area (Å²) in [7, 11) is 0. The van der Waals surface area contributed by atoms with Gasteiger partial charge in [0.2, 0.25) is 0 Å². The van der Waals surface area contributed by atoms with E-state index in [1.165, 1.54) is 16.7 Å². The first-order valence-corrected chi connectivity index (χ1v) is 4.97. The molecule has 0 aliphatic rings. The second kappa shape index (κ2) is 3.42. The Morgan fingerprint density at radius 1 is 1.13 bits per heavy atom. The molecule has 3 nitrogen and oxygen atoms in total. The highest BCUT2D eigenvalue weighted by Crippen LogP contribution is 2.22. The number of nitrogen functional groups attached to an aromatic ring is 1. The first-order chi connectivity index (χ1) is 7.09. The number of aryl methyl sites for hydroxylation is 3. The molecule has 0 saturated carbocycles.